The van der Waals surface area contributed by atoms with Gasteiger partial charge in [0.2, 0.25) is 0 Å². The quantitative estimate of drug-likeness (QED) is 0.333. The van der Waals surface area contributed by atoms with Crippen molar-refractivity contribution in [1.82, 2.24) is 5.32 Å². The summed E-state index contributed by atoms with van der Waals surface area (Å²) in [7, 11) is 1.43. The van der Waals surface area contributed by atoms with Crippen molar-refractivity contribution in [2.45, 2.75) is 26.3 Å². The lowest BCUT2D eigenvalue weighted by molar-refractivity contribution is -0.138. The summed E-state index contributed by atoms with van der Waals surface area (Å²) in [4.78, 5) is 22.0. The van der Waals surface area contributed by atoms with Gasteiger partial charge < -0.3 is 26.1 Å². The number of likely N-dealkylation sites (N-methyl/N-ethyl adjacent to an activating group) is 1. The number of hydrogen-bond donors (Lipinski definition) is 4. The first-order valence-electron chi connectivity index (χ1n) is 7.15. The Bertz CT molecular complexity index is 528. The Hall–Kier alpha value is -2.61. The maximum Gasteiger partial charge on any atom is 0.320 e. The number of benzene rings is 1. The van der Waals surface area contributed by atoms with Gasteiger partial charge in [0.05, 0.1) is 6.61 Å². The molecular weight excluding hydrogens is 302 g/mol. The number of ether oxygens (including phenoxy) is 1. The molecule has 8 nitrogen and oxygen atoms in total. The van der Waals surface area contributed by atoms with Crippen LogP contribution in [0.25, 0.3) is 0 Å². The molecule has 8 heteroatoms. The second-order valence-electron chi connectivity index (χ2n) is 4.13. The van der Waals surface area contributed by atoms with Gasteiger partial charge in [-0.3, -0.25) is 9.59 Å². The van der Waals surface area contributed by atoms with Crippen LogP contribution in [-0.4, -0.2) is 47.6 Å². The summed E-state index contributed by atoms with van der Waals surface area (Å²) in [6.45, 7) is 4.16. The summed E-state index contributed by atoms with van der Waals surface area (Å²) in [6.07, 6.45) is 0.179. The maximum absolute atomic E-state index is 11.4. The summed E-state index contributed by atoms with van der Waals surface area (Å²) in [5, 5.41) is 22.8. The van der Waals surface area contributed by atoms with Crippen molar-refractivity contribution >= 4 is 17.6 Å². The lowest BCUT2D eigenvalue weighted by atomic mass is 10.1. The predicted molar refractivity (Wildman–Crippen MR) is 85.9 cm³/mol. The molecule has 0 aromatic heterocycles. The molecule has 1 unspecified atom stereocenters. The fourth-order valence-corrected chi connectivity index (χ4v) is 1.49. The fraction of sp³-hybridized carbons (Fsp3) is 0.400. The van der Waals surface area contributed by atoms with Gasteiger partial charge in [0.25, 0.3) is 5.91 Å². The van der Waals surface area contributed by atoms with E-state index in [1.807, 2.05) is 13.8 Å². The number of carbonyl (C=O) groups is 2. The number of amides is 1. The molecule has 0 spiro atoms. The smallest absolute Gasteiger partial charge is 0.320 e. The summed E-state index contributed by atoms with van der Waals surface area (Å²) >= 11 is 0. The number of oxime groups is 1. The molecule has 0 radical (unpaired) electrons. The standard InChI is InChI=1S/C13H17N3O5.C2H6/c1-15-12(17)11(16-20)8-2-4-9(5-3-8)21-7-6-10(14)13(18)19;1-2/h2-5,10,20H,6-7,14H2,1H3,(H,15,17)(H,18,19);1-2H3/b16-11+;. The molecule has 0 aliphatic heterocycles. The molecular formula is C15H23N3O5. The lowest BCUT2D eigenvalue weighted by Crippen LogP contribution is -2.31. The van der Waals surface area contributed by atoms with Gasteiger partial charge in [-0.05, 0) is 24.3 Å². The van der Waals surface area contributed by atoms with Crippen molar-refractivity contribution in [3.8, 4) is 5.75 Å². The Morgan fingerprint density at radius 1 is 1.30 bits per heavy atom. The molecule has 0 bridgehead atoms. The Morgan fingerprint density at radius 2 is 1.87 bits per heavy atom. The van der Waals surface area contributed by atoms with Gasteiger partial charge in [-0.2, -0.15) is 0 Å². The maximum atomic E-state index is 11.4. The van der Waals surface area contributed by atoms with Crippen LogP contribution in [-0.2, 0) is 9.59 Å². The zero-order valence-corrected chi connectivity index (χ0v) is 13.4. The van der Waals surface area contributed by atoms with E-state index >= 15 is 0 Å². The third-order valence-corrected chi connectivity index (χ3v) is 2.68. The number of hydrogen-bond acceptors (Lipinski definition) is 6. The highest BCUT2D eigenvalue weighted by molar-refractivity contribution is 6.45. The average molecular weight is 325 g/mol. The molecule has 0 fully saturated rings. The van der Waals surface area contributed by atoms with E-state index in [4.69, 9.17) is 20.8 Å². The number of carboxylic acid groups (broad SMARTS) is 1. The third kappa shape index (κ3) is 6.79. The first kappa shape index (κ1) is 20.4. The molecule has 5 N–H and O–H groups in total. The Morgan fingerprint density at radius 3 is 2.30 bits per heavy atom. The number of nitrogens with two attached hydrogens (primary N) is 1. The van der Waals surface area contributed by atoms with Crippen molar-refractivity contribution < 1.29 is 24.6 Å². The molecule has 128 valence electrons. The number of carbonyl (C=O) groups excluding carboxylic acids is 1. The van der Waals surface area contributed by atoms with E-state index in [2.05, 4.69) is 10.5 Å². The van der Waals surface area contributed by atoms with Crippen LogP contribution in [0, 0.1) is 0 Å². The lowest BCUT2D eigenvalue weighted by Gasteiger charge is -2.09. The van der Waals surface area contributed by atoms with E-state index in [9.17, 15) is 9.59 Å². The highest BCUT2D eigenvalue weighted by atomic mass is 16.5. The van der Waals surface area contributed by atoms with E-state index in [0.717, 1.165) is 0 Å². The van der Waals surface area contributed by atoms with Gasteiger partial charge in [0.1, 0.15) is 11.8 Å². The van der Waals surface area contributed by atoms with Gasteiger partial charge in [-0.15, -0.1) is 0 Å². The van der Waals surface area contributed by atoms with E-state index in [-0.39, 0.29) is 18.7 Å². The summed E-state index contributed by atoms with van der Waals surface area (Å²) in [5.74, 6) is -1.10. The molecule has 0 heterocycles. The molecule has 0 aliphatic carbocycles. The first-order valence-corrected chi connectivity index (χ1v) is 7.15. The minimum Gasteiger partial charge on any atom is -0.494 e. The van der Waals surface area contributed by atoms with Crippen molar-refractivity contribution in [3.05, 3.63) is 29.8 Å². The summed E-state index contributed by atoms with van der Waals surface area (Å²) in [5.41, 5.74) is 5.65. The van der Waals surface area contributed by atoms with Crippen molar-refractivity contribution in [2.24, 2.45) is 10.9 Å². The molecule has 0 saturated carbocycles. The van der Waals surface area contributed by atoms with E-state index in [1.54, 1.807) is 24.3 Å². The average Bonchev–Trinajstić information content (AvgIpc) is 2.58. The van der Waals surface area contributed by atoms with E-state index in [1.165, 1.54) is 7.05 Å². The monoisotopic (exact) mass is 325 g/mol. The van der Waals surface area contributed by atoms with Crippen LogP contribution >= 0.6 is 0 Å². The normalized spacial score (nSPS) is 11.7. The van der Waals surface area contributed by atoms with Crippen LogP contribution in [0.15, 0.2) is 29.4 Å². The molecule has 1 amide bonds. The number of carboxylic acids is 1. The predicted octanol–water partition coefficient (Wildman–Crippen LogP) is 0.818. The number of nitrogens with one attached hydrogen (secondary N) is 1. The highest BCUT2D eigenvalue weighted by Crippen LogP contribution is 2.13. The van der Waals surface area contributed by atoms with Gasteiger partial charge in [0, 0.05) is 19.0 Å². The molecule has 0 saturated heterocycles. The Balaban J connectivity index is 0.00000232. The summed E-state index contributed by atoms with van der Waals surface area (Å²) in [6, 6.07) is 5.30. The molecule has 23 heavy (non-hydrogen) atoms. The second-order valence-corrected chi connectivity index (χ2v) is 4.13. The number of rotatable bonds is 7. The molecule has 1 aromatic carbocycles. The third-order valence-electron chi connectivity index (χ3n) is 2.68. The van der Waals surface area contributed by atoms with Crippen molar-refractivity contribution in [2.75, 3.05) is 13.7 Å². The SMILES string of the molecule is CC.CNC(=O)/C(=N/O)c1ccc(OCCC(N)C(=O)O)cc1. The topological polar surface area (TPSA) is 134 Å². The number of aliphatic carboxylic acids is 1. The number of nitrogens with zero attached hydrogens (tertiary/aromatic N) is 1. The first-order chi connectivity index (χ1) is 11.0. The Kier molecular flexibility index (Phi) is 9.77. The van der Waals surface area contributed by atoms with Gasteiger partial charge >= 0.3 is 5.97 Å². The Labute approximate surface area is 134 Å². The zero-order chi connectivity index (χ0) is 17.8. The minimum absolute atomic E-state index is 0.114. The van der Waals surface area contributed by atoms with Crippen molar-refractivity contribution in [3.63, 3.8) is 0 Å². The minimum atomic E-state index is -1.08. The van der Waals surface area contributed by atoms with Crippen LogP contribution in [0.5, 0.6) is 5.75 Å². The van der Waals surface area contributed by atoms with Crippen LogP contribution in [0.4, 0.5) is 0 Å². The van der Waals surface area contributed by atoms with E-state index in [0.29, 0.717) is 11.3 Å². The van der Waals surface area contributed by atoms with Crippen LogP contribution < -0.4 is 15.8 Å². The fourth-order valence-electron chi connectivity index (χ4n) is 1.49. The molecule has 0 aliphatic rings. The van der Waals surface area contributed by atoms with Gasteiger partial charge in [0.15, 0.2) is 5.71 Å². The van der Waals surface area contributed by atoms with Crippen LogP contribution in [0.3, 0.4) is 0 Å². The van der Waals surface area contributed by atoms with Crippen molar-refractivity contribution in [1.29, 1.82) is 0 Å². The molecule has 1 atom stereocenters. The van der Waals surface area contributed by atoms with Gasteiger partial charge in [-0.1, -0.05) is 19.0 Å². The zero-order valence-electron chi connectivity index (χ0n) is 13.4. The van der Waals surface area contributed by atoms with Crippen LogP contribution in [0.2, 0.25) is 0 Å². The highest BCUT2D eigenvalue weighted by Gasteiger charge is 2.13. The molecule has 1 aromatic rings. The van der Waals surface area contributed by atoms with Gasteiger partial charge in [-0.25, -0.2) is 0 Å². The molecule has 1 rings (SSSR count). The second kappa shape index (κ2) is 11.0. The largest absolute Gasteiger partial charge is 0.494 e. The van der Waals surface area contributed by atoms with E-state index < -0.39 is 17.9 Å². The van der Waals surface area contributed by atoms with Crippen LogP contribution in [0.1, 0.15) is 25.8 Å². The summed E-state index contributed by atoms with van der Waals surface area (Å²) < 4.78 is 5.34.